The van der Waals surface area contributed by atoms with Crippen molar-refractivity contribution < 1.29 is 9.23 Å². The summed E-state index contributed by atoms with van der Waals surface area (Å²) in [6.07, 6.45) is 1.37. The topological polar surface area (TPSA) is 47.6 Å². The number of oxime groups is 1. The Morgan fingerprint density at radius 2 is 2.40 bits per heavy atom. The zero-order chi connectivity index (χ0) is 10.7. The molecule has 1 unspecified atom stereocenters. The quantitative estimate of drug-likeness (QED) is 0.817. The van der Waals surface area contributed by atoms with Crippen LogP contribution in [-0.4, -0.2) is 18.4 Å². The van der Waals surface area contributed by atoms with E-state index in [0.29, 0.717) is 13.0 Å². The Morgan fingerprint density at radius 3 is 3.07 bits per heavy atom. The third-order valence-electron chi connectivity index (χ3n) is 2.35. The smallest absolute Gasteiger partial charge is 0.145 e. The Labute approximate surface area is 87.7 Å². The van der Waals surface area contributed by atoms with Gasteiger partial charge in [-0.3, -0.25) is 0 Å². The lowest BCUT2D eigenvalue weighted by molar-refractivity contribution is 0.0918. The molecule has 1 aromatic rings. The molecule has 1 aliphatic rings. The maximum atomic E-state index is 12.9. The number of benzene rings is 1. The van der Waals surface area contributed by atoms with E-state index in [9.17, 15) is 4.39 Å². The summed E-state index contributed by atoms with van der Waals surface area (Å²) in [6, 6.07) is 6.51. The first-order valence-corrected chi connectivity index (χ1v) is 4.94. The maximum Gasteiger partial charge on any atom is 0.145 e. The molecule has 1 atom stereocenters. The van der Waals surface area contributed by atoms with Crippen LogP contribution in [0.1, 0.15) is 12.0 Å². The van der Waals surface area contributed by atoms with Crippen LogP contribution in [0.4, 0.5) is 4.39 Å². The molecule has 15 heavy (non-hydrogen) atoms. The van der Waals surface area contributed by atoms with E-state index in [1.807, 2.05) is 6.07 Å². The number of rotatable bonds is 3. The maximum absolute atomic E-state index is 12.9. The molecule has 0 aromatic heterocycles. The molecular weight excluding hydrogens is 195 g/mol. The molecule has 0 spiro atoms. The van der Waals surface area contributed by atoms with Gasteiger partial charge in [0.2, 0.25) is 0 Å². The fourth-order valence-electron chi connectivity index (χ4n) is 1.60. The van der Waals surface area contributed by atoms with E-state index in [2.05, 4.69) is 5.16 Å². The molecular formula is C11H13FN2O. The lowest BCUT2D eigenvalue weighted by Crippen LogP contribution is -2.20. The molecule has 0 amide bonds. The van der Waals surface area contributed by atoms with Crippen LogP contribution < -0.4 is 5.73 Å². The van der Waals surface area contributed by atoms with Gasteiger partial charge in [-0.05, 0) is 17.7 Å². The van der Waals surface area contributed by atoms with Crippen molar-refractivity contribution >= 4 is 5.71 Å². The molecule has 3 nitrogen and oxygen atoms in total. The highest BCUT2D eigenvalue weighted by molar-refractivity contribution is 5.87. The summed E-state index contributed by atoms with van der Waals surface area (Å²) in [4.78, 5) is 5.09. The lowest BCUT2D eigenvalue weighted by Gasteiger charge is -2.02. The van der Waals surface area contributed by atoms with Gasteiger partial charge in [0.05, 0.1) is 5.71 Å². The van der Waals surface area contributed by atoms with Gasteiger partial charge in [-0.25, -0.2) is 4.39 Å². The molecule has 1 heterocycles. The van der Waals surface area contributed by atoms with Crippen LogP contribution in [0.25, 0.3) is 0 Å². The fraction of sp³-hybridized carbons (Fsp3) is 0.364. The van der Waals surface area contributed by atoms with Crippen LogP contribution in [0.2, 0.25) is 0 Å². The summed E-state index contributed by atoms with van der Waals surface area (Å²) in [5.41, 5.74) is 7.29. The number of hydrogen-bond acceptors (Lipinski definition) is 3. The summed E-state index contributed by atoms with van der Waals surface area (Å²) < 4.78 is 12.9. The largest absolute Gasteiger partial charge is 0.391 e. The molecule has 2 N–H and O–H groups in total. The Kier molecular flexibility index (Phi) is 2.97. The number of nitrogens with two attached hydrogens (primary N) is 1. The molecule has 0 aliphatic carbocycles. The predicted octanol–water partition coefficient (Wildman–Crippen LogP) is 1.47. The third-order valence-corrected chi connectivity index (χ3v) is 2.35. The molecule has 80 valence electrons. The number of halogens is 1. The summed E-state index contributed by atoms with van der Waals surface area (Å²) in [5.74, 6) is -0.220. The predicted molar refractivity (Wildman–Crippen MR) is 56.1 cm³/mol. The standard InChI is InChI=1S/C11H13FN2O/c12-9-3-1-2-8(4-9)5-10-6-11(7-13)15-14-10/h1-4,11H,5-7,13H2. The van der Waals surface area contributed by atoms with Crippen molar-refractivity contribution in [2.24, 2.45) is 10.9 Å². The van der Waals surface area contributed by atoms with Crippen molar-refractivity contribution in [2.75, 3.05) is 6.54 Å². The molecule has 1 aromatic carbocycles. The van der Waals surface area contributed by atoms with Crippen molar-refractivity contribution in [3.63, 3.8) is 0 Å². The van der Waals surface area contributed by atoms with Gasteiger partial charge in [-0.1, -0.05) is 17.3 Å². The first kappa shape index (κ1) is 10.1. The molecule has 0 saturated carbocycles. The zero-order valence-electron chi connectivity index (χ0n) is 8.32. The van der Waals surface area contributed by atoms with Crippen molar-refractivity contribution in [2.45, 2.75) is 18.9 Å². The molecule has 2 rings (SSSR count). The minimum Gasteiger partial charge on any atom is -0.391 e. The van der Waals surface area contributed by atoms with E-state index >= 15 is 0 Å². The normalized spacial score (nSPS) is 19.9. The van der Waals surface area contributed by atoms with E-state index in [1.54, 1.807) is 6.07 Å². The second-order valence-corrected chi connectivity index (χ2v) is 3.63. The average molecular weight is 208 g/mol. The van der Waals surface area contributed by atoms with Gasteiger partial charge in [-0.2, -0.15) is 0 Å². The van der Waals surface area contributed by atoms with Gasteiger partial charge in [0.25, 0.3) is 0 Å². The van der Waals surface area contributed by atoms with Crippen LogP contribution >= 0.6 is 0 Å². The van der Waals surface area contributed by atoms with Gasteiger partial charge in [0.1, 0.15) is 11.9 Å². The highest BCUT2D eigenvalue weighted by Crippen LogP contribution is 2.14. The van der Waals surface area contributed by atoms with E-state index in [4.69, 9.17) is 10.6 Å². The van der Waals surface area contributed by atoms with Crippen molar-refractivity contribution in [1.82, 2.24) is 0 Å². The van der Waals surface area contributed by atoms with Crippen LogP contribution in [0, 0.1) is 5.82 Å². The Balaban J connectivity index is 1.98. The summed E-state index contributed by atoms with van der Waals surface area (Å²) in [5, 5.41) is 3.93. The van der Waals surface area contributed by atoms with Gasteiger partial charge in [0.15, 0.2) is 0 Å². The monoisotopic (exact) mass is 208 g/mol. The molecule has 0 radical (unpaired) electrons. The first-order valence-electron chi connectivity index (χ1n) is 4.94. The third kappa shape index (κ3) is 2.53. The number of nitrogens with zero attached hydrogens (tertiary/aromatic N) is 1. The van der Waals surface area contributed by atoms with Gasteiger partial charge >= 0.3 is 0 Å². The van der Waals surface area contributed by atoms with Crippen molar-refractivity contribution in [1.29, 1.82) is 0 Å². The molecule has 0 bridgehead atoms. The van der Waals surface area contributed by atoms with Crippen LogP contribution in [0.15, 0.2) is 29.4 Å². The molecule has 0 fully saturated rings. The molecule has 1 aliphatic heterocycles. The zero-order valence-corrected chi connectivity index (χ0v) is 8.32. The summed E-state index contributed by atoms with van der Waals surface area (Å²) in [7, 11) is 0. The van der Waals surface area contributed by atoms with Crippen molar-refractivity contribution in [3.8, 4) is 0 Å². The molecule has 4 heteroatoms. The van der Waals surface area contributed by atoms with Crippen molar-refractivity contribution in [3.05, 3.63) is 35.6 Å². The number of hydrogen-bond donors (Lipinski definition) is 1. The van der Waals surface area contributed by atoms with Crippen LogP contribution in [0.3, 0.4) is 0 Å². The Bertz CT molecular complexity index is 379. The van der Waals surface area contributed by atoms with Gasteiger partial charge in [-0.15, -0.1) is 0 Å². The van der Waals surface area contributed by atoms with Crippen LogP contribution in [-0.2, 0) is 11.3 Å². The highest BCUT2D eigenvalue weighted by Gasteiger charge is 2.19. The fourth-order valence-corrected chi connectivity index (χ4v) is 1.60. The van der Waals surface area contributed by atoms with E-state index in [1.165, 1.54) is 12.1 Å². The Hall–Kier alpha value is -1.42. The van der Waals surface area contributed by atoms with Crippen LogP contribution in [0.5, 0.6) is 0 Å². The minimum absolute atomic E-state index is 0.00596. The lowest BCUT2D eigenvalue weighted by atomic mass is 10.0. The van der Waals surface area contributed by atoms with Gasteiger partial charge in [0, 0.05) is 19.4 Å². The minimum atomic E-state index is -0.220. The molecule has 0 saturated heterocycles. The second-order valence-electron chi connectivity index (χ2n) is 3.63. The SMILES string of the molecule is NCC1CC(Cc2cccc(F)c2)=NO1. The summed E-state index contributed by atoms with van der Waals surface area (Å²) >= 11 is 0. The van der Waals surface area contributed by atoms with E-state index in [0.717, 1.165) is 17.7 Å². The second kappa shape index (κ2) is 4.40. The highest BCUT2D eigenvalue weighted by atomic mass is 19.1. The first-order chi connectivity index (χ1) is 7.28. The summed E-state index contributed by atoms with van der Waals surface area (Å²) in [6.45, 7) is 0.468. The van der Waals surface area contributed by atoms with Gasteiger partial charge < -0.3 is 10.6 Å². The average Bonchev–Trinajstić information content (AvgIpc) is 2.65. The Morgan fingerprint density at radius 1 is 1.53 bits per heavy atom. The van der Waals surface area contributed by atoms with E-state index < -0.39 is 0 Å². The van der Waals surface area contributed by atoms with E-state index in [-0.39, 0.29) is 11.9 Å².